The molecule has 70 valence electrons. The van der Waals surface area contributed by atoms with E-state index in [1.54, 1.807) is 24.3 Å². The summed E-state index contributed by atoms with van der Waals surface area (Å²) in [4.78, 5) is 0. The molecule has 1 aromatic carbocycles. The normalized spacial score (nSPS) is 20.8. The molecule has 0 aromatic heterocycles. The minimum atomic E-state index is -3.58. The number of benzene rings is 1. The summed E-state index contributed by atoms with van der Waals surface area (Å²) >= 11 is 0.865. The van der Waals surface area contributed by atoms with Crippen LogP contribution in [-0.2, 0) is 10.0 Å². The molecule has 1 aliphatic rings. The van der Waals surface area contributed by atoms with E-state index in [0.717, 1.165) is 12.0 Å². The fourth-order valence-electron chi connectivity index (χ4n) is 1.13. The molecule has 0 amide bonds. The minimum absolute atomic E-state index is 0.575. The molecule has 0 spiro atoms. The molecule has 0 saturated carbocycles. The predicted molar refractivity (Wildman–Crippen MR) is 50.5 cm³/mol. The fourth-order valence-corrected chi connectivity index (χ4v) is 2.88. The second-order valence-corrected chi connectivity index (χ2v) is 5.42. The first-order chi connectivity index (χ1) is 6.09. The van der Waals surface area contributed by atoms with E-state index >= 15 is 0 Å². The number of para-hydroxylation sites is 1. The summed E-state index contributed by atoms with van der Waals surface area (Å²) in [7, 11) is -3.58. The van der Waals surface area contributed by atoms with Crippen molar-refractivity contribution in [2.45, 2.75) is 4.58 Å². The molecule has 1 atom stereocenters. The van der Waals surface area contributed by atoms with Crippen LogP contribution in [0.5, 0.6) is 5.75 Å². The van der Waals surface area contributed by atoms with Gasteiger partial charge in [-0.15, -0.1) is 0 Å². The molecule has 0 fully saturated rings. The van der Waals surface area contributed by atoms with Gasteiger partial charge in [-0.05, 0) is 6.07 Å². The molecular weight excluding hydrogens is 210 g/mol. The van der Waals surface area contributed by atoms with Crippen LogP contribution in [-0.4, -0.2) is 8.42 Å². The molecule has 0 aliphatic carbocycles. The highest BCUT2D eigenvalue weighted by Gasteiger charge is 2.34. The maximum absolute atomic E-state index is 11.1. The van der Waals surface area contributed by atoms with E-state index < -0.39 is 14.6 Å². The first kappa shape index (κ1) is 8.86. The number of sulfonamides is 1. The lowest BCUT2D eigenvalue weighted by Gasteiger charge is -2.02. The highest BCUT2D eigenvalue weighted by atomic mass is 32.3. The third kappa shape index (κ3) is 1.52. The van der Waals surface area contributed by atoms with Gasteiger partial charge in [0.25, 0.3) is 0 Å². The molecule has 1 heterocycles. The van der Waals surface area contributed by atoms with Crippen molar-refractivity contribution in [2.75, 3.05) is 0 Å². The predicted octanol–water partition coefficient (Wildman–Crippen LogP) is 1.01. The standard InChI is InChI=1S/C7H7NO3S2/c8-13(9,10)7-5-3-1-2-4-6(5)11-12-7/h1-4,7H,(H2,8,9,10). The van der Waals surface area contributed by atoms with Crippen LogP contribution in [0.25, 0.3) is 0 Å². The van der Waals surface area contributed by atoms with Gasteiger partial charge in [-0.25, -0.2) is 13.6 Å². The van der Waals surface area contributed by atoms with Crippen LogP contribution in [0.15, 0.2) is 24.3 Å². The van der Waals surface area contributed by atoms with Gasteiger partial charge in [-0.3, -0.25) is 0 Å². The van der Waals surface area contributed by atoms with Crippen LogP contribution in [0.4, 0.5) is 0 Å². The average molecular weight is 217 g/mol. The molecule has 1 unspecified atom stereocenters. The number of fused-ring (bicyclic) bond motifs is 1. The van der Waals surface area contributed by atoms with Crippen molar-refractivity contribution < 1.29 is 12.6 Å². The van der Waals surface area contributed by atoms with Crippen LogP contribution in [0.1, 0.15) is 10.1 Å². The smallest absolute Gasteiger partial charge is 0.229 e. The Bertz CT molecular complexity index is 429. The van der Waals surface area contributed by atoms with Crippen molar-refractivity contribution in [1.82, 2.24) is 0 Å². The maximum atomic E-state index is 11.1. The first-order valence-electron chi connectivity index (χ1n) is 3.53. The second kappa shape index (κ2) is 2.90. The van der Waals surface area contributed by atoms with E-state index in [1.807, 2.05) is 0 Å². The van der Waals surface area contributed by atoms with Gasteiger partial charge >= 0.3 is 0 Å². The van der Waals surface area contributed by atoms with Crippen LogP contribution in [0.2, 0.25) is 0 Å². The zero-order chi connectivity index (χ0) is 9.47. The number of nitrogens with two attached hydrogens (primary N) is 1. The molecule has 13 heavy (non-hydrogen) atoms. The summed E-state index contributed by atoms with van der Waals surface area (Å²) < 4.78 is 26.5. The summed E-state index contributed by atoms with van der Waals surface area (Å²) in [6, 6.07) is 6.95. The van der Waals surface area contributed by atoms with Gasteiger partial charge in [-0.2, -0.15) is 0 Å². The Morgan fingerprint density at radius 1 is 1.38 bits per heavy atom. The van der Waals surface area contributed by atoms with Crippen LogP contribution in [0, 0.1) is 0 Å². The van der Waals surface area contributed by atoms with Gasteiger partial charge in [0.2, 0.25) is 10.0 Å². The summed E-state index contributed by atoms with van der Waals surface area (Å²) in [6.07, 6.45) is 0. The quantitative estimate of drug-likeness (QED) is 0.713. The summed E-state index contributed by atoms with van der Waals surface area (Å²) in [5.74, 6) is 0.575. The lowest BCUT2D eigenvalue weighted by molar-refractivity contribution is 0.596. The van der Waals surface area contributed by atoms with Crippen LogP contribution in [0.3, 0.4) is 0 Å². The average Bonchev–Trinajstić information content (AvgIpc) is 2.45. The fraction of sp³-hybridized carbons (Fsp3) is 0.143. The second-order valence-electron chi connectivity index (χ2n) is 2.64. The Balaban J connectivity index is 2.51. The lowest BCUT2D eigenvalue weighted by Crippen LogP contribution is -2.17. The Labute approximate surface area is 80.3 Å². The molecule has 0 saturated heterocycles. The topological polar surface area (TPSA) is 69.4 Å². The van der Waals surface area contributed by atoms with E-state index in [0.29, 0.717) is 11.3 Å². The highest BCUT2D eigenvalue weighted by molar-refractivity contribution is 8.09. The van der Waals surface area contributed by atoms with Crippen LogP contribution >= 0.6 is 12.0 Å². The van der Waals surface area contributed by atoms with Crippen molar-refractivity contribution in [1.29, 1.82) is 0 Å². The van der Waals surface area contributed by atoms with Gasteiger partial charge < -0.3 is 4.18 Å². The molecule has 2 rings (SSSR count). The maximum Gasteiger partial charge on any atom is 0.229 e. The SMILES string of the molecule is NS(=O)(=O)C1SOc2ccccc21. The van der Waals surface area contributed by atoms with Crippen LogP contribution < -0.4 is 9.32 Å². The van der Waals surface area contributed by atoms with Crippen molar-refractivity contribution in [3.05, 3.63) is 29.8 Å². The molecular formula is C7H7NO3S2. The van der Waals surface area contributed by atoms with E-state index in [1.165, 1.54) is 0 Å². The number of rotatable bonds is 1. The highest BCUT2D eigenvalue weighted by Crippen LogP contribution is 2.45. The van der Waals surface area contributed by atoms with E-state index in [9.17, 15) is 8.42 Å². The third-order valence-electron chi connectivity index (χ3n) is 1.70. The first-order valence-corrected chi connectivity index (χ1v) is 5.94. The van der Waals surface area contributed by atoms with Crippen molar-refractivity contribution in [2.24, 2.45) is 5.14 Å². The van der Waals surface area contributed by atoms with Gasteiger partial charge in [-0.1, -0.05) is 18.2 Å². The molecule has 6 heteroatoms. The summed E-state index contributed by atoms with van der Waals surface area (Å²) in [5, 5.41) is 5.03. The largest absolute Gasteiger partial charge is 0.424 e. The number of hydrogen-bond acceptors (Lipinski definition) is 4. The zero-order valence-electron chi connectivity index (χ0n) is 6.51. The minimum Gasteiger partial charge on any atom is -0.424 e. The Morgan fingerprint density at radius 2 is 2.08 bits per heavy atom. The number of hydrogen-bond donors (Lipinski definition) is 1. The molecule has 4 nitrogen and oxygen atoms in total. The summed E-state index contributed by atoms with van der Waals surface area (Å²) in [6.45, 7) is 0. The molecule has 0 bridgehead atoms. The van der Waals surface area contributed by atoms with Crippen molar-refractivity contribution >= 4 is 22.1 Å². The van der Waals surface area contributed by atoms with E-state index in [4.69, 9.17) is 9.32 Å². The monoisotopic (exact) mass is 217 g/mol. The molecule has 1 aromatic rings. The van der Waals surface area contributed by atoms with Gasteiger partial charge in [0.05, 0.1) is 12.0 Å². The zero-order valence-corrected chi connectivity index (χ0v) is 8.14. The van der Waals surface area contributed by atoms with Gasteiger partial charge in [0, 0.05) is 5.56 Å². The Hall–Kier alpha value is -0.720. The molecule has 1 aliphatic heterocycles. The van der Waals surface area contributed by atoms with Crippen molar-refractivity contribution in [3.8, 4) is 5.75 Å². The Morgan fingerprint density at radius 3 is 2.77 bits per heavy atom. The molecule has 2 N–H and O–H groups in total. The van der Waals surface area contributed by atoms with Gasteiger partial charge in [0.15, 0.2) is 4.58 Å². The molecule has 0 radical (unpaired) electrons. The summed E-state index contributed by atoms with van der Waals surface area (Å²) in [5.41, 5.74) is 0.620. The van der Waals surface area contributed by atoms with E-state index in [2.05, 4.69) is 0 Å². The lowest BCUT2D eigenvalue weighted by atomic mass is 10.2. The van der Waals surface area contributed by atoms with E-state index in [-0.39, 0.29) is 0 Å². The van der Waals surface area contributed by atoms with Crippen molar-refractivity contribution in [3.63, 3.8) is 0 Å². The Kier molecular flexibility index (Phi) is 1.98. The van der Waals surface area contributed by atoms with Gasteiger partial charge in [0.1, 0.15) is 5.75 Å². The number of primary sulfonamides is 1. The third-order valence-corrected chi connectivity index (χ3v) is 4.29.